The summed E-state index contributed by atoms with van der Waals surface area (Å²) in [5, 5.41) is 2.55. The number of aromatic nitrogens is 1. The van der Waals surface area contributed by atoms with Crippen LogP contribution >= 0.6 is 0 Å². The van der Waals surface area contributed by atoms with Crippen molar-refractivity contribution < 1.29 is 9.59 Å². The highest BCUT2D eigenvalue weighted by Gasteiger charge is 2.09. The number of pyridine rings is 1. The van der Waals surface area contributed by atoms with Crippen LogP contribution in [0.1, 0.15) is 20.7 Å². The molecule has 0 radical (unpaired) electrons. The third-order valence-corrected chi connectivity index (χ3v) is 2.57. The first-order valence-electron chi connectivity index (χ1n) is 5.74. The van der Waals surface area contributed by atoms with Gasteiger partial charge in [0.2, 0.25) is 0 Å². The lowest BCUT2D eigenvalue weighted by Gasteiger charge is -2.04. The maximum atomic E-state index is 11.8. The molecule has 0 saturated heterocycles. The average Bonchev–Trinajstić information content (AvgIpc) is 2.46. The SMILES string of the molecule is Nc1ccc(C(=O)CNC(=O)c2cccnc2)cc1. The van der Waals surface area contributed by atoms with E-state index in [-0.39, 0.29) is 18.2 Å². The van der Waals surface area contributed by atoms with Gasteiger partial charge in [-0.2, -0.15) is 0 Å². The highest BCUT2D eigenvalue weighted by atomic mass is 16.2. The largest absolute Gasteiger partial charge is 0.399 e. The van der Waals surface area contributed by atoms with Crippen molar-refractivity contribution in [2.45, 2.75) is 0 Å². The number of carbonyl (C=O) groups excluding carboxylic acids is 2. The van der Waals surface area contributed by atoms with Gasteiger partial charge in [-0.1, -0.05) is 0 Å². The van der Waals surface area contributed by atoms with Gasteiger partial charge >= 0.3 is 0 Å². The van der Waals surface area contributed by atoms with E-state index in [1.807, 2.05) is 0 Å². The van der Waals surface area contributed by atoms with E-state index in [1.54, 1.807) is 42.6 Å². The third kappa shape index (κ3) is 3.38. The molecule has 5 nitrogen and oxygen atoms in total. The fourth-order valence-corrected chi connectivity index (χ4v) is 1.53. The number of rotatable bonds is 4. The molecular formula is C14H13N3O2. The molecule has 2 rings (SSSR count). The van der Waals surface area contributed by atoms with Gasteiger partial charge in [-0.15, -0.1) is 0 Å². The maximum Gasteiger partial charge on any atom is 0.253 e. The number of anilines is 1. The van der Waals surface area contributed by atoms with Crippen LogP contribution in [0.4, 0.5) is 5.69 Å². The second-order valence-corrected chi connectivity index (χ2v) is 3.97. The summed E-state index contributed by atoms with van der Waals surface area (Å²) in [5.41, 5.74) is 7.07. The topological polar surface area (TPSA) is 85.1 Å². The number of hydrogen-bond donors (Lipinski definition) is 2. The van der Waals surface area contributed by atoms with Crippen LogP contribution in [-0.2, 0) is 0 Å². The van der Waals surface area contributed by atoms with E-state index >= 15 is 0 Å². The number of amides is 1. The lowest BCUT2D eigenvalue weighted by molar-refractivity contribution is 0.0904. The van der Waals surface area contributed by atoms with Crippen LogP contribution < -0.4 is 11.1 Å². The Bertz CT molecular complexity index is 579. The number of nitrogens with zero attached hydrogens (tertiary/aromatic N) is 1. The Morgan fingerprint density at radius 3 is 2.47 bits per heavy atom. The Morgan fingerprint density at radius 2 is 1.84 bits per heavy atom. The second kappa shape index (κ2) is 5.77. The highest BCUT2D eigenvalue weighted by Crippen LogP contribution is 2.06. The number of ketones is 1. The zero-order valence-electron chi connectivity index (χ0n) is 10.2. The molecule has 0 saturated carbocycles. The van der Waals surface area contributed by atoms with Gasteiger partial charge in [-0.3, -0.25) is 14.6 Å². The van der Waals surface area contributed by atoms with Crippen LogP contribution in [0.15, 0.2) is 48.8 Å². The van der Waals surface area contributed by atoms with E-state index in [2.05, 4.69) is 10.3 Å². The van der Waals surface area contributed by atoms with Crippen molar-refractivity contribution >= 4 is 17.4 Å². The molecule has 0 fully saturated rings. The fourth-order valence-electron chi connectivity index (χ4n) is 1.53. The van der Waals surface area contributed by atoms with Crippen LogP contribution in [0.25, 0.3) is 0 Å². The quantitative estimate of drug-likeness (QED) is 0.636. The summed E-state index contributed by atoms with van der Waals surface area (Å²) in [7, 11) is 0. The van der Waals surface area contributed by atoms with E-state index < -0.39 is 0 Å². The van der Waals surface area contributed by atoms with Crippen molar-refractivity contribution in [3.8, 4) is 0 Å². The van der Waals surface area contributed by atoms with E-state index in [1.165, 1.54) is 6.20 Å². The van der Waals surface area contributed by atoms with Gasteiger partial charge in [0, 0.05) is 23.6 Å². The van der Waals surface area contributed by atoms with Gasteiger partial charge in [0.1, 0.15) is 0 Å². The second-order valence-electron chi connectivity index (χ2n) is 3.97. The van der Waals surface area contributed by atoms with Crippen molar-refractivity contribution in [2.75, 3.05) is 12.3 Å². The summed E-state index contributed by atoms with van der Waals surface area (Å²) in [4.78, 5) is 27.4. The Labute approximate surface area is 110 Å². The summed E-state index contributed by atoms with van der Waals surface area (Å²) < 4.78 is 0. The van der Waals surface area contributed by atoms with Gasteiger partial charge < -0.3 is 11.1 Å². The van der Waals surface area contributed by atoms with Crippen molar-refractivity contribution in [1.82, 2.24) is 10.3 Å². The number of benzene rings is 1. The minimum atomic E-state index is -0.322. The molecule has 1 aromatic heterocycles. The predicted molar refractivity (Wildman–Crippen MR) is 71.8 cm³/mol. The molecule has 1 aromatic carbocycles. The molecule has 2 aromatic rings. The fraction of sp³-hybridized carbons (Fsp3) is 0.0714. The summed E-state index contributed by atoms with van der Waals surface area (Å²) >= 11 is 0. The van der Waals surface area contributed by atoms with E-state index in [9.17, 15) is 9.59 Å². The molecule has 0 spiro atoms. The van der Waals surface area contributed by atoms with Crippen LogP contribution in [0.3, 0.4) is 0 Å². The smallest absolute Gasteiger partial charge is 0.253 e. The first kappa shape index (κ1) is 12.8. The molecule has 19 heavy (non-hydrogen) atoms. The van der Waals surface area contributed by atoms with Crippen molar-refractivity contribution in [3.63, 3.8) is 0 Å². The van der Waals surface area contributed by atoms with E-state index in [4.69, 9.17) is 5.73 Å². The van der Waals surface area contributed by atoms with E-state index in [0.29, 0.717) is 16.8 Å². The molecule has 0 aliphatic carbocycles. The zero-order valence-corrected chi connectivity index (χ0v) is 10.2. The van der Waals surface area contributed by atoms with E-state index in [0.717, 1.165) is 0 Å². The summed E-state index contributed by atoms with van der Waals surface area (Å²) in [6.45, 7) is -0.0579. The lowest BCUT2D eigenvalue weighted by atomic mass is 10.1. The van der Waals surface area contributed by atoms with Gasteiger partial charge in [0.05, 0.1) is 12.1 Å². The first-order chi connectivity index (χ1) is 9.16. The highest BCUT2D eigenvalue weighted by molar-refractivity contribution is 6.02. The normalized spacial score (nSPS) is 9.89. The van der Waals surface area contributed by atoms with Crippen molar-refractivity contribution in [3.05, 3.63) is 59.9 Å². The van der Waals surface area contributed by atoms with Gasteiger partial charge in [-0.05, 0) is 36.4 Å². The lowest BCUT2D eigenvalue weighted by Crippen LogP contribution is -2.29. The van der Waals surface area contributed by atoms with Crippen molar-refractivity contribution in [1.29, 1.82) is 0 Å². The van der Waals surface area contributed by atoms with Crippen LogP contribution in [0.2, 0.25) is 0 Å². The van der Waals surface area contributed by atoms with Crippen LogP contribution in [-0.4, -0.2) is 23.2 Å². The minimum Gasteiger partial charge on any atom is -0.399 e. The number of nitrogens with two attached hydrogens (primary N) is 1. The molecule has 0 unspecified atom stereocenters. The number of nitrogen functional groups attached to an aromatic ring is 1. The van der Waals surface area contributed by atoms with Gasteiger partial charge in [-0.25, -0.2) is 0 Å². The molecule has 96 valence electrons. The number of Topliss-reactive ketones (excluding diaryl/α,β-unsaturated/α-hetero) is 1. The molecule has 1 heterocycles. The number of carbonyl (C=O) groups is 2. The molecule has 0 atom stereocenters. The first-order valence-corrected chi connectivity index (χ1v) is 5.74. The average molecular weight is 255 g/mol. The van der Waals surface area contributed by atoms with Crippen LogP contribution in [0, 0.1) is 0 Å². The Morgan fingerprint density at radius 1 is 1.11 bits per heavy atom. The molecule has 0 bridgehead atoms. The third-order valence-electron chi connectivity index (χ3n) is 2.57. The monoisotopic (exact) mass is 255 g/mol. The summed E-state index contributed by atoms with van der Waals surface area (Å²) in [6.07, 6.45) is 3.03. The number of hydrogen-bond acceptors (Lipinski definition) is 4. The Balaban J connectivity index is 1.94. The predicted octanol–water partition coefficient (Wildman–Crippen LogP) is 1.28. The Kier molecular flexibility index (Phi) is 3.87. The minimum absolute atomic E-state index is 0.0579. The van der Waals surface area contributed by atoms with Crippen molar-refractivity contribution in [2.24, 2.45) is 0 Å². The Hall–Kier alpha value is -2.69. The summed E-state index contributed by atoms with van der Waals surface area (Å²) in [5.74, 6) is -0.492. The molecule has 5 heteroatoms. The molecule has 1 amide bonds. The number of nitrogens with one attached hydrogen (secondary N) is 1. The van der Waals surface area contributed by atoms with Gasteiger partial charge in [0.15, 0.2) is 5.78 Å². The molecule has 0 aliphatic rings. The zero-order chi connectivity index (χ0) is 13.7. The molecular weight excluding hydrogens is 242 g/mol. The molecule has 0 aliphatic heterocycles. The summed E-state index contributed by atoms with van der Waals surface area (Å²) in [6, 6.07) is 9.86. The van der Waals surface area contributed by atoms with Crippen LogP contribution in [0.5, 0.6) is 0 Å². The van der Waals surface area contributed by atoms with Gasteiger partial charge in [0.25, 0.3) is 5.91 Å². The maximum absolute atomic E-state index is 11.8. The standard InChI is InChI=1S/C14H13N3O2/c15-12-5-3-10(4-6-12)13(18)9-17-14(19)11-2-1-7-16-8-11/h1-8H,9,15H2,(H,17,19). The molecule has 3 N–H and O–H groups in total.